The second kappa shape index (κ2) is 4.13. The molecule has 1 aromatic rings. The van der Waals surface area contributed by atoms with E-state index in [0.717, 1.165) is 5.56 Å². The van der Waals surface area contributed by atoms with Gasteiger partial charge in [-0.1, -0.05) is 23.2 Å². The first-order valence-electron chi connectivity index (χ1n) is 4.61. The Morgan fingerprint density at radius 3 is 2.81 bits per heavy atom. The first kappa shape index (κ1) is 11.5. The molecule has 0 saturated carbocycles. The standard InChI is InChI=1S/C10H9Cl2NO3/c11-5-1-4-2-7(16-10(13)15)9(14)8(4)6(12)3-5/h1,3,7,9,14H,2H2,(H2,13,15)/t7-,9-/m0/s1. The zero-order valence-electron chi connectivity index (χ0n) is 8.11. The van der Waals surface area contributed by atoms with Crippen LogP contribution < -0.4 is 5.73 Å². The summed E-state index contributed by atoms with van der Waals surface area (Å²) >= 11 is 11.8. The van der Waals surface area contributed by atoms with Crippen molar-refractivity contribution in [3.8, 4) is 0 Å². The second-order valence-electron chi connectivity index (χ2n) is 3.58. The highest BCUT2D eigenvalue weighted by Gasteiger charge is 2.35. The van der Waals surface area contributed by atoms with Crippen molar-refractivity contribution in [1.29, 1.82) is 0 Å². The van der Waals surface area contributed by atoms with Crippen molar-refractivity contribution in [2.45, 2.75) is 18.6 Å². The van der Waals surface area contributed by atoms with Gasteiger partial charge < -0.3 is 15.6 Å². The number of carbonyl (C=O) groups is 1. The van der Waals surface area contributed by atoms with Crippen LogP contribution in [0.2, 0.25) is 10.0 Å². The predicted molar refractivity (Wildman–Crippen MR) is 59.6 cm³/mol. The zero-order valence-corrected chi connectivity index (χ0v) is 9.63. The summed E-state index contributed by atoms with van der Waals surface area (Å²) in [6.07, 6.45) is -2.20. The lowest BCUT2D eigenvalue weighted by Gasteiger charge is -2.14. The molecular formula is C10H9Cl2NO3. The van der Waals surface area contributed by atoms with E-state index < -0.39 is 18.3 Å². The van der Waals surface area contributed by atoms with Gasteiger partial charge in [0.1, 0.15) is 12.2 Å². The highest BCUT2D eigenvalue weighted by atomic mass is 35.5. The van der Waals surface area contributed by atoms with Crippen molar-refractivity contribution in [2.24, 2.45) is 5.73 Å². The van der Waals surface area contributed by atoms with E-state index in [4.69, 9.17) is 33.7 Å². The Morgan fingerprint density at radius 2 is 2.19 bits per heavy atom. The summed E-state index contributed by atoms with van der Waals surface area (Å²) in [4.78, 5) is 10.6. The van der Waals surface area contributed by atoms with Crippen LogP contribution in [-0.2, 0) is 11.2 Å². The van der Waals surface area contributed by atoms with Crippen LogP contribution >= 0.6 is 23.2 Å². The first-order valence-corrected chi connectivity index (χ1v) is 5.36. The molecule has 0 heterocycles. The summed E-state index contributed by atoms with van der Waals surface area (Å²) in [5.74, 6) is 0. The van der Waals surface area contributed by atoms with Gasteiger partial charge in [0, 0.05) is 22.0 Å². The zero-order chi connectivity index (χ0) is 11.9. The monoisotopic (exact) mass is 261 g/mol. The average molecular weight is 262 g/mol. The smallest absolute Gasteiger partial charge is 0.404 e. The molecule has 1 amide bonds. The van der Waals surface area contributed by atoms with Crippen LogP contribution in [0.15, 0.2) is 12.1 Å². The first-order chi connectivity index (χ1) is 7.49. The Hall–Kier alpha value is -0.970. The summed E-state index contributed by atoms with van der Waals surface area (Å²) in [6, 6.07) is 3.23. The molecular weight excluding hydrogens is 253 g/mol. The quantitative estimate of drug-likeness (QED) is 0.813. The molecule has 86 valence electrons. The van der Waals surface area contributed by atoms with Gasteiger partial charge in [-0.15, -0.1) is 0 Å². The molecule has 0 aliphatic heterocycles. The summed E-state index contributed by atoms with van der Waals surface area (Å²) in [6.45, 7) is 0. The van der Waals surface area contributed by atoms with Crippen molar-refractivity contribution < 1.29 is 14.6 Å². The number of carbonyl (C=O) groups excluding carboxylic acids is 1. The Bertz CT molecular complexity index is 450. The molecule has 0 spiro atoms. The van der Waals surface area contributed by atoms with Crippen LogP contribution in [0.5, 0.6) is 0 Å². The summed E-state index contributed by atoms with van der Waals surface area (Å²) in [5, 5.41) is 10.7. The fourth-order valence-electron chi connectivity index (χ4n) is 1.91. The lowest BCUT2D eigenvalue weighted by atomic mass is 10.1. The number of ether oxygens (including phenoxy) is 1. The average Bonchev–Trinajstić information content (AvgIpc) is 2.41. The maximum Gasteiger partial charge on any atom is 0.404 e. The molecule has 2 atom stereocenters. The molecule has 16 heavy (non-hydrogen) atoms. The molecule has 2 rings (SSSR count). The number of hydrogen-bond acceptors (Lipinski definition) is 3. The molecule has 1 aliphatic carbocycles. The van der Waals surface area contributed by atoms with Gasteiger partial charge in [-0.3, -0.25) is 0 Å². The van der Waals surface area contributed by atoms with E-state index in [-0.39, 0.29) is 0 Å². The lowest BCUT2D eigenvalue weighted by Crippen LogP contribution is -2.26. The molecule has 1 aliphatic rings. The number of aliphatic hydroxyl groups is 1. The number of rotatable bonds is 1. The van der Waals surface area contributed by atoms with E-state index in [9.17, 15) is 9.90 Å². The van der Waals surface area contributed by atoms with Crippen molar-refractivity contribution in [1.82, 2.24) is 0 Å². The van der Waals surface area contributed by atoms with Crippen LogP contribution in [0.3, 0.4) is 0 Å². The molecule has 1 aromatic carbocycles. The normalized spacial score (nSPS) is 22.9. The maximum absolute atomic E-state index is 10.6. The highest BCUT2D eigenvalue weighted by molar-refractivity contribution is 6.35. The van der Waals surface area contributed by atoms with Crippen molar-refractivity contribution in [2.75, 3.05) is 0 Å². The van der Waals surface area contributed by atoms with Gasteiger partial charge in [0.15, 0.2) is 0 Å². The van der Waals surface area contributed by atoms with Crippen LogP contribution in [0.1, 0.15) is 17.2 Å². The Labute approximate surface area is 102 Å². The summed E-state index contributed by atoms with van der Waals surface area (Å²) in [7, 11) is 0. The Balaban J connectivity index is 2.34. The van der Waals surface area contributed by atoms with Crippen LogP contribution in [0.4, 0.5) is 4.79 Å². The number of hydrogen-bond donors (Lipinski definition) is 2. The van der Waals surface area contributed by atoms with Crippen LogP contribution in [0, 0.1) is 0 Å². The number of primary amides is 1. The molecule has 6 heteroatoms. The molecule has 0 radical (unpaired) electrons. The molecule has 0 saturated heterocycles. The van der Waals surface area contributed by atoms with E-state index in [2.05, 4.69) is 0 Å². The minimum atomic E-state index is -0.952. The molecule has 0 bridgehead atoms. The van der Waals surface area contributed by atoms with Gasteiger partial charge in [-0.05, 0) is 17.7 Å². The van der Waals surface area contributed by atoms with E-state index in [0.29, 0.717) is 22.0 Å². The SMILES string of the molecule is NC(=O)O[C@H]1Cc2cc(Cl)cc(Cl)c2[C@H]1O. The maximum atomic E-state index is 10.6. The van der Waals surface area contributed by atoms with Gasteiger partial charge in [-0.25, -0.2) is 4.79 Å². The fraction of sp³-hybridized carbons (Fsp3) is 0.300. The third-order valence-corrected chi connectivity index (χ3v) is 3.05. The van der Waals surface area contributed by atoms with E-state index >= 15 is 0 Å². The molecule has 3 N–H and O–H groups in total. The highest BCUT2D eigenvalue weighted by Crippen LogP contribution is 2.39. The number of amides is 1. The molecule has 0 fully saturated rings. The molecule has 0 aromatic heterocycles. The number of nitrogens with two attached hydrogens (primary N) is 1. The van der Waals surface area contributed by atoms with Crippen molar-refractivity contribution in [3.63, 3.8) is 0 Å². The van der Waals surface area contributed by atoms with Gasteiger partial charge in [0.25, 0.3) is 0 Å². The van der Waals surface area contributed by atoms with E-state index in [1.54, 1.807) is 6.07 Å². The van der Waals surface area contributed by atoms with Gasteiger partial charge in [-0.2, -0.15) is 0 Å². The minimum Gasteiger partial charge on any atom is -0.443 e. The fourth-order valence-corrected chi connectivity index (χ4v) is 2.56. The lowest BCUT2D eigenvalue weighted by molar-refractivity contribution is 0.0172. The number of benzene rings is 1. The van der Waals surface area contributed by atoms with Gasteiger partial charge in [0.2, 0.25) is 0 Å². The van der Waals surface area contributed by atoms with E-state index in [1.807, 2.05) is 0 Å². The van der Waals surface area contributed by atoms with Crippen LogP contribution in [0.25, 0.3) is 0 Å². The van der Waals surface area contributed by atoms with E-state index in [1.165, 1.54) is 6.07 Å². The third kappa shape index (κ3) is 1.96. The number of aliphatic hydroxyl groups excluding tert-OH is 1. The molecule has 4 nitrogen and oxygen atoms in total. The van der Waals surface area contributed by atoms with Crippen molar-refractivity contribution >= 4 is 29.3 Å². The number of fused-ring (bicyclic) bond motifs is 1. The summed E-state index contributed by atoms with van der Waals surface area (Å²) < 4.78 is 4.79. The largest absolute Gasteiger partial charge is 0.443 e. The molecule has 0 unspecified atom stereocenters. The predicted octanol–water partition coefficient (Wildman–Crippen LogP) is 2.05. The van der Waals surface area contributed by atoms with Gasteiger partial charge >= 0.3 is 6.09 Å². The van der Waals surface area contributed by atoms with Crippen LogP contribution in [-0.4, -0.2) is 17.3 Å². The summed E-state index contributed by atoms with van der Waals surface area (Å²) in [5.41, 5.74) is 6.23. The van der Waals surface area contributed by atoms with Crippen molar-refractivity contribution in [3.05, 3.63) is 33.3 Å². The third-order valence-electron chi connectivity index (χ3n) is 2.52. The minimum absolute atomic E-state index is 0.361. The number of halogens is 2. The Kier molecular flexibility index (Phi) is 2.97. The Morgan fingerprint density at radius 1 is 1.50 bits per heavy atom. The second-order valence-corrected chi connectivity index (χ2v) is 4.43. The van der Waals surface area contributed by atoms with Gasteiger partial charge in [0.05, 0.1) is 0 Å². The topological polar surface area (TPSA) is 72.6 Å².